The molecule has 0 spiro atoms. The summed E-state index contributed by atoms with van der Waals surface area (Å²) in [6.07, 6.45) is 0.549. The van der Waals surface area contributed by atoms with Gasteiger partial charge in [0.15, 0.2) is 11.6 Å². The number of rotatable bonds is 6. The number of amides is 1. The fraction of sp³-hybridized carbons (Fsp3) is 0.462. The fourth-order valence-corrected chi connectivity index (χ4v) is 1.42. The highest BCUT2D eigenvalue weighted by atomic mass is 19.2. The Balaban J connectivity index is 2.36. The van der Waals surface area contributed by atoms with E-state index in [2.05, 4.69) is 5.32 Å². The first-order valence-electron chi connectivity index (χ1n) is 5.91. The van der Waals surface area contributed by atoms with Crippen molar-refractivity contribution in [3.8, 4) is 0 Å². The maximum absolute atomic E-state index is 12.9. The van der Waals surface area contributed by atoms with Crippen molar-refractivity contribution in [3.05, 3.63) is 35.4 Å². The summed E-state index contributed by atoms with van der Waals surface area (Å²) in [7, 11) is 0. The molecular weight excluding hydrogens is 240 g/mol. The molecule has 100 valence electrons. The smallest absolute Gasteiger partial charge is 0.220 e. The third-order valence-electron chi connectivity index (χ3n) is 2.63. The Kier molecular flexibility index (Phi) is 5.71. The Labute approximate surface area is 105 Å². The third kappa shape index (κ3) is 4.79. The molecular formula is C13H17F2NO2. The van der Waals surface area contributed by atoms with Gasteiger partial charge in [-0.05, 0) is 30.5 Å². The maximum atomic E-state index is 12.9. The summed E-state index contributed by atoms with van der Waals surface area (Å²) in [6, 6.07) is 3.58. The number of hydrogen-bond donors (Lipinski definition) is 2. The van der Waals surface area contributed by atoms with Gasteiger partial charge in [-0.15, -0.1) is 0 Å². The summed E-state index contributed by atoms with van der Waals surface area (Å²) in [5, 5.41) is 11.8. The van der Waals surface area contributed by atoms with Gasteiger partial charge in [0.25, 0.3) is 0 Å². The number of carbonyl (C=O) groups is 1. The Morgan fingerprint density at radius 2 is 2.11 bits per heavy atom. The van der Waals surface area contributed by atoms with E-state index in [1.54, 1.807) is 0 Å². The second kappa shape index (κ2) is 7.06. The molecule has 0 saturated carbocycles. The summed E-state index contributed by atoms with van der Waals surface area (Å²) in [5.41, 5.74) is 0.570. The summed E-state index contributed by atoms with van der Waals surface area (Å²) in [6.45, 7) is 2.03. The predicted octanol–water partition coefficient (Wildman–Crippen LogP) is 1.78. The number of carbonyl (C=O) groups excluding carboxylic acids is 1. The van der Waals surface area contributed by atoms with Gasteiger partial charge in [0.1, 0.15) is 0 Å². The molecule has 0 radical (unpaired) electrons. The molecule has 3 nitrogen and oxygen atoms in total. The molecule has 0 bridgehead atoms. The van der Waals surface area contributed by atoms with Crippen LogP contribution in [-0.2, 0) is 11.2 Å². The predicted molar refractivity (Wildman–Crippen MR) is 64.0 cm³/mol. The number of hydrogen-bond acceptors (Lipinski definition) is 2. The van der Waals surface area contributed by atoms with Crippen LogP contribution in [0.4, 0.5) is 8.78 Å². The molecule has 1 aromatic rings. The highest BCUT2D eigenvalue weighted by Crippen LogP contribution is 2.10. The zero-order chi connectivity index (χ0) is 13.5. The lowest BCUT2D eigenvalue weighted by atomic mass is 10.1. The molecule has 0 aliphatic rings. The zero-order valence-corrected chi connectivity index (χ0v) is 10.2. The number of benzene rings is 1. The van der Waals surface area contributed by atoms with Gasteiger partial charge in [0.2, 0.25) is 5.91 Å². The molecule has 1 atom stereocenters. The van der Waals surface area contributed by atoms with Crippen molar-refractivity contribution in [3.63, 3.8) is 0 Å². The van der Waals surface area contributed by atoms with Crippen molar-refractivity contribution < 1.29 is 18.7 Å². The van der Waals surface area contributed by atoms with Gasteiger partial charge in [-0.2, -0.15) is 0 Å². The summed E-state index contributed by atoms with van der Waals surface area (Å²) < 4.78 is 25.6. The average molecular weight is 257 g/mol. The zero-order valence-electron chi connectivity index (χ0n) is 10.2. The topological polar surface area (TPSA) is 49.3 Å². The minimum atomic E-state index is -0.908. The van der Waals surface area contributed by atoms with Crippen molar-refractivity contribution >= 4 is 5.91 Å². The van der Waals surface area contributed by atoms with Crippen molar-refractivity contribution in [2.24, 2.45) is 0 Å². The second-order valence-corrected chi connectivity index (χ2v) is 4.11. The number of aryl methyl sites for hydroxylation is 1. The highest BCUT2D eigenvalue weighted by Gasteiger charge is 2.07. The Hall–Kier alpha value is -1.49. The van der Waals surface area contributed by atoms with Crippen molar-refractivity contribution in [1.82, 2.24) is 5.32 Å². The molecule has 5 heteroatoms. The van der Waals surface area contributed by atoms with Crippen LogP contribution < -0.4 is 5.32 Å². The Bertz CT molecular complexity index is 410. The monoisotopic (exact) mass is 257 g/mol. The lowest BCUT2D eigenvalue weighted by Crippen LogP contribution is -2.31. The van der Waals surface area contributed by atoms with Crippen molar-refractivity contribution in [2.75, 3.05) is 6.54 Å². The van der Waals surface area contributed by atoms with E-state index >= 15 is 0 Å². The van der Waals surface area contributed by atoms with E-state index < -0.39 is 17.7 Å². The van der Waals surface area contributed by atoms with E-state index in [0.717, 1.165) is 12.1 Å². The molecule has 1 aromatic carbocycles. The molecule has 1 rings (SSSR count). The molecule has 0 aromatic heterocycles. The summed E-state index contributed by atoms with van der Waals surface area (Å²) >= 11 is 0. The molecule has 1 unspecified atom stereocenters. The van der Waals surface area contributed by atoms with E-state index in [1.165, 1.54) is 6.07 Å². The fourth-order valence-electron chi connectivity index (χ4n) is 1.42. The first kappa shape index (κ1) is 14.6. The minimum Gasteiger partial charge on any atom is -0.391 e. The van der Waals surface area contributed by atoms with Crippen LogP contribution in [0, 0.1) is 11.6 Å². The van der Waals surface area contributed by atoms with Gasteiger partial charge < -0.3 is 10.4 Å². The van der Waals surface area contributed by atoms with Crippen LogP contribution in [0.3, 0.4) is 0 Å². The molecule has 0 aliphatic heterocycles. The normalized spacial score (nSPS) is 12.2. The number of aliphatic hydroxyl groups excluding tert-OH is 1. The van der Waals surface area contributed by atoms with Crippen LogP contribution in [0.5, 0.6) is 0 Å². The van der Waals surface area contributed by atoms with E-state index in [4.69, 9.17) is 0 Å². The molecule has 0 fully saturated rings. The summed E-state index contributed by atoms with van der Waals surface area (Å²) in [5.74, 6) is -2.02. The molecule has 0 heterocycles. The number of nitrogens with one attached hydrogen (secondary N) is 1. The van der Waals surface area contributed by atoms with Crippen LogP contribution in [0.15, 0.2) is 18.2 Å². The first-order valence-corrected chi connectivity index (χ1v) is 5.91. The van der Waals surface area contributed by atoms with Gasteiger partial charge in [-0.3, -0.25) is 4.79 Å². The quantitative estimate of drug-likeness (QED) is 0.816. The van der Waals surface area contributed by atoms with Crippen molar-refractivity contribution in [2.45, 2.75) is 32.3 Å². The standard InChI is InChI=1S/C13H17F2NO2/c1-2-10(17)8-16-13(18)6-4-9-3-5-11(14)12(15)7-9/h3,5,7,10,17H,2,4,6,8H2,1H3,(H,16,18). The van der Waals surface area contributed by atoms with Gasteiger partial charge in [-0.25, -0.2) is 8.78 Å². The molecule has 2 N–H and O–H groups in total. The Morgan fingerprint density at radius 3 is 2.72 bits per heavy atom. The highest BCUT2D eigenvalue weighted by molar-refractivity contribution is 5.76. The lowest BCUT2D eigenvalue weighted by molar-refractivity contribution is -0.121. The SMILES string of the molecule is CCC(O)CNC(=O)CCc1ccc(F)c(F)c1. The van der Waals surface area contributed by atoms with Crippen LogP contribution in [0.1, 0.15) is 25.3 Å². The van der Waals surface area contributed by atoms with Gasteiger partial charge in [0, 0.05) is 13.0 Å². The van der Waals surface area contributed by atoms with Gasteiger partial charge in [-0.1, -0.05) is 13.0 Å². The van der Waals surface area contributed by atoms with Crippen LogP contribution >= 0.6 is 0 Å². The van der Waals surface area contributed by atoms with E-state index in [0.29, 0.717) is 18.4 Å². The van der Waals surface area contributed by atoms with Crippen LogP contribution in [-0.4, -0.2) is 23.7 Å². The van der Waals surface area contributed by atoms with Crippen LogP contribution in [0.2, 0.25) is 0 Å². The third-order valence-corrected chi connectivity index (χ3v) is 2.63. The average Bonchev–Trinajstić information content (AvgIpc) is 2.37. The maximum Gasteiger partial charge on any atom is 0.220 e. The van der Waals surface area contributed by atoms with Gasteiger partial charge in [0.05, 0.1) is 6.10 Å². The Morgan fingerprint density at radius 1 is 1.39 bits per heavy atom. The molecule has 0 saturated heterocycles. The lowest BCUT2D eigenvalue weighted by Gasteiger charge is -2.09. The van der Waals surface area contributed by atoms with E-state index in [1.807, 2.05) is 6.92 Å². The van der Waals surface area contributed by atoms with E-state index in [-0.39, 0.29) is 18.9 Å². The second-order valence-electron chi connectivity index (χ2n) is 4.11. The number of halogens is 2. The van der Waals surface area contributed by atoms with Gasteiger partial charge >= 0.3 is 0 Å². The molecule has 1 amide bonds. The first-order chi connectivity index (χ1) is 8.52. The molecule has 0 aliphatic carbocycles. The summed E-state index contributed by atoms with van der Waals surface area (Å²) in [4.78, 5) is 11.4. The number of aliphatic hydroxyl groups is 1. The minimum absolute atomic E-state index is 0.182. The largest absolute Gasteiger partial charge is 0.391 e. The molecule has 18 heavy (non-hydrogen) atoms. The van der Waals surface area contributed by atoms with Crippen molar-refractivity contribution in [1.29, 1.82) is 0 Å². The van der Waals surface area contributed by atoms with Crippen LogP contribution in [0.25, 0.3) is 0 Å². The van der Waals surface area contributed by atoms with E-state index in [9.17, 15) is 18.7 Å².